The van der Waals surface area contributed by atoms with Gasteiger partial charge in [-0.1, -0.05) is 26.0 Å². The fourth-order valence-corrected chi connectivity index (χ4v) is 2.64. The third kappa shape index (κ3) is 3.30. The van der Waals surface area contributed by atoms with E-state index in [2.05, 4.69) is 18.7 Å². The summed E-state index contributed by atoms with van der Waals surface area (Å²) < 4.78 is 13.2. The molecule has 0 saturated carbocycles. The molecule has 1 aromatic carbocycles. The van der Waals surface area contributed by atoms with Crippen LogP contribution in [0.1, 0.15) is 31.9 Å². The maximum atomic E-state index is 13.2. The van der Waals surface area contributed by atoms with Gasteiger partial charge in [-0.25, -0.2) is 4.39 Å². The molecule has 1 aromatic rings. The number of halogens is 1. The zero-order valence-electron chi connectivity index (χ0n) is 11.3. The molecule has 100 valence electrons. The highest BCUT2D eigenvalue weighted by atomic mass is 19.1. The molecule has 0 amide bonds. The van der Waals surface area contributed by atoms with Crippen LogP contribution in [0.2, 0.25) is 0 Å². The summed E-state index contributed by atoms with van der Waals surface area (Å²) in [6.45, 7) is 7.64. The van der Waals surface area contributed by atoms with E-state index in [0.717, 1.165) is 37.0 Å². The van der Waals surface area contributed by atoms with Gasteiger partial charge in [-0.15, -0.1) is 0 Å². The Morgan fingerprint density at radius 1 is 1.39 bits per heavy atom. The molecule has 0 aromatic heterocycles. The van der Waals surface area contributed by atoms with Gasteiger partial charge in [0, 0.05) is 19.1 Å². The maximum Gasteiger partial charge on any atom is 0.123 e. The lowest BCUT2D eigenvalue weighted by Crippen LogP contribution is -2.41. The van der Waals surface area contributed by atoms with Gasteiger partial charge >= 0.3 is 0 Å². The molecule has 1 saturated heterocycles. The van der Waals surface area contributed by atoms with Crippen LogP contribution in [-0.2, 0) is 0 Å². The average Bonchev–Trinajstić information content (AvgIpc) is 2.34. The van der Waals surface area contributed by atoms with Gasteiger partial charge in [-0.2, -0.15) is 0 Å². The van der Waals surface area contributed by atoms with Gasteiger partial charge in [0.25, 0.3) is 0 Å². The third-order valence-corrected chi connectivity index (χ3v) is 4.15. The van der Waals surface area contributed by atoms with Crippen molar-refractivity contribution in [2.24, 2.45) is 17.6 Å². The van der Waals surface area contributed by atoms with Crippen molar-refractivity contribution in [2.75, 3.05) is 19.6 Å². The first-order valence-electron chi connectivity index (χ1n) is 6.79. The number of hydrogen-bond acceptors (Lipinski definition) is 2. The molecule has 0 aliphatic carbocycles. The SMILES string of the molecule is CC1CCN(CC(N)c2cccc(F)c2)CC1C. The second-order valence-electron chi connectivity index (χ2n) is 5.66. The van der Waals surface area contributed by atoms with Crippen LogP contribution in [0.3, 0.4) is 0 Å². The molecular formula is C15H23FN2. The normalized spacial score (nSPS) is 27.1. The predicted molar refractivity (Wildman–Crippen MR) is 72.7 cm³/mol. The number of hydrogen-bond donors (Lipinski definition) is 1. The van der Waals surface area contributed by atoms with Gasteiger partial charge < -0.3 is 10.6 Å². The summed E-state index contributed by atoms with van der Waals surface area (Å²) in [4.78, 5) is 2.40. The molecule has 0 spiro atoms. The first-order chi connectivity index (χ1) is 8.56. The minimum absolute atomic E-state index is 0.0960. The van der Waals surface area contributed by atoms with E-state index in [1.54, 1.807) is 12.1 Å². The molecule has 1 aliphatic rings. The molecule has 2 N–H and O–H groups in total. The monoisotopic (exact) mass is 250 g/mol. The third-order valence-electron chi connectivity index (χ3n) is 4.15. The van der Waals surface area contributed by atoms with Crippen LogP contribution in [0.25, 0.3) is 0 Å². The molecule has 3 unspecified atom stereocenters. The highest BCUT2D eigenvalue weighted by Gasteiger charge is 2.23. The minimum Gasteiger partial charge on any atom is -0.323 e. The maximum absolute atomic E-state index is 13.2. The molecule has 0 radical (unpaired) electrons. The summed E-state index contributed by atoms with van der Waals surface area (Å²) in [7, 11) is 0. The summed E-state index contributed by atoms with van der Waals surface area (Å²) in [5.41, 5.74) is 7.06. The van der Waals surface area contributed by atoms with Gasteiger partial charge in [0.2, 0.25) is 0 Å². The van der Waals surface area contributed by atoms with E-state index in [0.29, 0.717) is 0 Å². The van der Waals surface area contributed by atoms with Crippen molar-refractivity contribution < 1.29 is 4.39 Å². The molecule has 3 atom stereocenters. The summed E-state index contributed by atoms with van der Waals surface area (Å²) in [5, 5.41) is 0. The molecule has 18 heavy (non-hydrogen) atoms. The number of nitrogens with two attached hydrogens (primary N) is 1. The Balaban J connectivity index is 1.93. The predicted octanol–water partition coefficient (Wildman–Crippen LogP) is 2.80. The lowest BCUT2D eigenvalue weighted by molar-refractivity contribution is 0.132. The topological polar surface area (TPSA) is 29.3 Å². The quantitative estimate of drug-likeness (QED) is 0.894. The van der Waals surface area contributed by atoms with Crippen LogP contribution in [0.5, 0.6) is 0 Å². The molecule has 1 fully saturated rings. The average molecular weight is 250 g/mol. The summed E-state index contributed by atoms with van der Waals surface area (Å²) in [6, 6.07) is 6.54. The Bertz CT molecular complexity index is 394. The second kappa shape index (κ2) is 5.81. The van der Waals surface area contributed by atoms with Crippen molar-refractivity contribution in [3.05, 3.63) is 35.6 Å². The van der Waals surface area contributed by atoms with E-state index in [-0.39, 0.29) is 11.9 Å². The second-order valence-corrected chi connectivity index (χ2v) is 5.66. The van der Waals surface area contributed by atoms with Crippen molar-refractivity contribution in [3.63, 3.8) is 0 Å². The van der Waals surface area contributed by atoms with E-state index in [4.69, 9.17) is 5.73 Å². The number of nitrogens with zero attached hydrogens (tertiary/aromatic N) is 1. The van der Waals surface area contributed by atoms with Gasteiger partial charge in [-0.3, -0.25) is 0 Å². The van der Waals surface area contributed by atoms with Crippen LogP contribution < -0.4 is 5.73 Å². The fourth-order valence-electron chi connectivity index (χ4n) is 2.64. The standard InChI is InChI=1S/C15H23FN2/c1-11-6-7-18(9-12(11)2)10-15(17)13-4-3-5-14(16)8-13/h3-5,8,11-12,15H,6-7,9-10,17H2,1-2H3. The van der Waals surface area contributed by atoms with Crippen molar-refractivity contribution in [3.8, 4) is 0 Å². The lowest BCUT2D eigenvalue weighted by Gasteiger charge is -2.36. The largest absolute Gasteiger partial charge is 0.323 e. The summed E-state index contributed by atoms with van der Waals surface area (Å²) in [6.07, 6.45) is 1.23. The lowest BCUT2D eigenvalue weighted by atomic mass is 9.88. The number of benzene rings is 1. The fraction of sp³-hybridized carbons (Fsp3) is 0.600. The van der Waals surface area contributed by atoms with Gasteiger partial charge in [0.15, 0.2) is 0 Å². The van der Waals surface area contributed by atoms with Crippen LogP contribution >= 0.6 is 0 Å². The first-order valence-corrected chi connectivity index (χ1v) is 6.79. The summed E-state index contributed by atoms with van der Waals surface area (Å²) >= 11 is 0. The van der Waals surface area contributed by atoms with E-state index in [1.807, 2.05) is 6.07 Å². The number of rotatable bonds is 3. The van der Waals surface area contributed by atoms with Gasteiger partial charge in [0.1, 0.15) is 5.82 Å². The molecule has 0 bridgehead atoms. The van der Waals surface area contributed by atoms with Crippen molar-refractivity contribution >= 4 is 0 Å². The van der Waals surface area contributed by atoms with Crippen molar-refractivity contribution in [1.29, 1.82) is 0 Å². The number of piperidine rings is 1. The Kier molecular flexibility index (Phi) is 4.36. The zero-order valence-corrected chi connectivity index (χ0v) is 11.3. The zero-order chi connectivity index (χ0) is 13.1. The van der Waals surface area contributed by atoms with E-state index < -0.39 is 0 Å². The molecule has 2 rings (SSSR count). The Labute approximate surface area is 109 Å². The van der Waals surface area contributed by atoms with E-state index >= 15 is 0 Å². The van der Waals surface area contributed by atoms with Gasteiger partial charge in [-0.05, 0) is 42.5 Å². The molecule has 3 heteroatoms. The summed E-state index contributed by atoms with van der Waals surface area (Å²) in [5.74, 6) is 1.31. The molecule has 2 nitrogen and oxygen atoms in total. The van der Waals surface area contributed by atoms with Crippen LogP contribution in [-0.4, -0.2) is 24.5 Å². The van der Waals surface area contributed by atoms with Crippen molar-refractivity contribution in [2.45, 2.75) is 26.3 Å². The highest BCUT2D eigenvalue weighted by molar-refractivity contribution is 5.20. The highest BCUT2D eigenvalue weighted by Crippen LogP contribution is 2.24. The van der Waals surface area contributed by atoms with Crippen LogP contribution in [0.4, 0.5) is 4.39 Å². The smallest absolute Gasteiger partial charge is 0.123 e. The Morgan fingerprint density at radius 3 is 2.83 bits per heavy atom. The van der Waals surface area contributed by atoms with Gasteiger partial charge in [0.05, 0.1) is 0 Å². The minimum atomic E-state index is -0.205. The van der Waals surface area contributed by atoms with Crippen LogP contribution in [0, 0.1) is 17.7 Å². The number of likely N-dealkylation sites (tertiary alicyclic amines) is 1. The first kappa shape index (κ1) is 13.5. The molecule has 1 aliphatic heterocycles. The van der Waals surface area contributed by atoms with E-state index in [1.165, 1.54) is 12.5 Å². The van der Waals surface area contributed by atoms with Crippen LogP contribution in [0.15, 0.2) is 24.3 Å². The molecule has 1 heterocycles. The van der Waals surface area contributed by atoms with E-state index in [9.17, 15) is 4.39 Å². The van der Waals surface area contributed by atoms with Crippen molar-refractivity contribution in [1.82, 2.24) is 4.90 Å². The molecular weight excluding hydrogens is 227 g/mol. The Hall–Kier alpha value is -0.930. The Morgan fingerprint density at radius 2 is 2.17 bits per heavy atom.